The van der Waals surface area contributed by atoms with Crippen LogP contribution in [0.3, 0.4) is 0 Å². The lowest BCUT2D eigenvalue weighted by Gasteiger charge is -2.44. The van der Waals surface area contributed by atoms with E-state index < -0.39 is 23.7 Å². The molecule has 0 radical (unpaired) electrons. The van der Waals surface area contributed by atoms with Crippen LogP contribution in [0.4, 0.5) is 0 Å². The van der Waals surface area contributed by atoms with Crippen molar-refractivity contribution in [3.63, 3.8) is 0 Å². The fourth-order valence-electron chi connectivity index (χ4n) is 8.04. The van der Waals surface area contributed by atoms with Crippen LogP contribution >= 0.6 is 0 Å². The number of fused-ring (bicyclic) bond motifs is 1. The minimum atomic E-state index is -0.680. The van der Waals surface area contributed by atoms with E-state index in [0.717, 1.165) is 49.7 Å². The van der Waals surface area contributed by atoms with Crippen LogP contribution in [-0.2, 0) is 4.79 Å². The lowest BCUT2D eigenvalue weighted by molar-refractivity contribution is -0.127. The number of allylic oxidation sites excluding steroid dienone is 4. The summed E-state index contributed by atoms with van der Waals surface area (Å²) in [6.07, 6.45) is 18.5. The summed E-state index contributed by atoms with van der Waals surface area (Å²) in [7, 11) is 0. The van der Waals surface area contributed by atoms with Gasteiger partial charge in [-0.15, -0.1) is 0 Å². The molecule has 38 heavy (non-hydrogen) atoms. The van der Waals surface area contributed by atoms with E-state index in [0.29, 0.717) is 30.6 Å². The summed E-state index contributed by atoms with van der Waals surface area (Å²) in [6, 6.07) is 0. The molecule has 0 aliphatic heterocycles. The highest BCUT2D eigenvalue weighted by Crippen LogP contribution is 2.60. The Morgan fingerprint density at radius 2 is 1.87 bits per heavy atom. The van der Waals surface area contributed by atoms with Crippen LogP contribution in [0, 0.1) is 34.5 Å². The summed E-state index contributed by atoms with van der Waals surface area (Å²) in [6.45, 7) is 12.9. The van der Waals surface area contributed by atoms with Gasteiger partial charge in [-0.1, -0.05) is 77.0 Å². The highest BCUT2D eigenvalue weighted by Gasteiger charge is 2.54. The Morgan fingerprint density at radius 1 is 1.13 bits per heavy atom. The van der Waals surface area contributed by atoms with Crippen LogP contribution < -0.4 is 0 Å². The molecule has 0 saturated heterocycles. The minimum absolute atomic E-state index is 0.178. The van der Waals surface area contributed by atoms with Crippen molar-refractivity contribution in [3.05, 3.63) is 47.6 Å². The van der Waals surface area contributed by atoms with Crippen molar-refractivity contribution in [2.75, 3.05) is 0 Å². The summed E-state index contributed by atoms with van der Waals surface area (Å²) < 4.78 is 0. The number of unbranched alkanes of at least 4 members (excludes halogenated alkanes) is 2. The number of hydrogen-bond acceptors (Lipinski definition) is 4. The fourth-order valence-corrected chi connectivity index (χ4v) is 8.04. The number of aliphatic hydroxyl groups is 3. The minimum Gasteiger partial charge on any atom is -0.392 e. The van der Waals surface area contributed by atoms with Crippen molar-refractivity contribution in [1.29, 1.82) is 0 Å². The van der Waals surface area contributed by atoms with E-state index >= 15 is 0 Å². The largest absolute Gasteiger partial charge is 0.392 e. The molecule has 4 saturated carbocycles. The zero-order chi connectivity index (χ0) is 27.7. The predicted octanol–water partition coefficient (Wildman–Crippen LogP) is 6.86. The first-order valence-electron chi connectivity index (χ1n) is 15.4. The van der Waals surface area contributed by atoms with Gasteiger partial charge in [0.05, 0.1) is 23.7 Å². The van der Waals surface area contributed by atoms with Crippen molar-refractivity contribution in [2.45, 2.75) is 123 Å². The molecule has 4 heteroatoms. The van der Waals surface area contributed by atoms with Crippen molar-refractivity contribution in [2.24, 2.45) is 34.5 Å². The molecule has 0 bridgehead atoms. The normalized spacial score (nSPS) is 38.5. The maximum atomic E-state index is 12.8. The van der Waals surface area contributed by atoms with Gasteiger partial charge in [-0.25, -0.2) is 0 Å². The van der Waals surface area contributed by atoms with Crippen LogP contribution in [0.1, 0.15) is 105 Å². The van der Waals surface area contributed by atoms with Crippen LogP contribution in [0.5, 0.6) is 0 Å². The van der Waals surface area contributed by atoms with E-state index in [-0.39, 0.29) is 17.1 Å². The van der Waals surface area contributed by atoms with Gasteiger partial charge >= 0.3 is 0 Å². The number of Topliss-reactive ketones (excluding diaryl/α,β-unsaturated/α-hetero) is 1. The number of carbonyl (C=O) groups is 1. The van der Waals surface area contributed by atoms with Crippen LogP contribution in [0.15, 0.2) is 47.6 Å². The van der Waals surface area contributed by atoms with Crippen molar-refractivity contribution >= 4 is 5.78 Å². The van der Waals surface area contributed by atoms with E-state index in [1.54, 1.807) is 0 Å². The molecule has 0 unspecified atom stereocenters. The molecule has 4 aliphatic rings. The lowest BCUT2D eigenvalue weighted by Crippen LogP contribution is -2.36. The SMILES string of the molecule is C=C1/C(=C\C=C2/CCC[C@]3(C)[C@@H]([C@H](C)/C=C/[C@@H](O)C4(C(=O)CCCCC)CC4)CC[C@@H]23)C[C@@H](O)[C@H](C)[C@@H]1O. The Kier molecular flexibility index (Phi) is 9.27. The molecule has 0 amide bonds. The van der Waals surface area contributed by atoms with Gasteiger partial charge in [-0.05, 0) is 92.1 Å². The van der Waals surface area contributed by atoms with Gasteiger partial charge in [-0.3, -0.25) is 4.79 Å². The average molecular weight is 525 g/mol. The first-order valence-corrected chi connectivity index (χ1v) is 15.4. The molecule has 0 aromatic rings. The Labute approximate surface area is 231 Å². The fraction of sp³-hybridized carbons (Fsp3) is 0.735. The molecule has 3 N–H and O–H groups in total. The standard InChI is InChI=1S/C34H52O4/c1-6-7-8-11-30(36)34(19-20-34)31(37)17-12-22(2)27-15-16-28-25(10-9-18-33(27,28)5)13-14-26-21-29(35)24(4)32(38)23(26)3/h12-14,17,22,24,27-29,31-32,35,37-38H,3,6-11,15-16,18-21H2,1-2,4-5H3/b17-12+,25-13+,26-14-/t22-,24+,27-,28+,29-,31-,32-,33-/m1/s1. The Hall–Kier alpha value is -1.49. The van der Waals surface area contributed by atoms with E-state index in [2.05, 4.69) is 45.6 Å². The lowest BCUT2D eigenvalue weighted by atomic mass is 9.61. The molecule has 4 nitrogen and oxygen atoms in total. The number of carbonyl (C=O) groups excluding carboxylic acids is 1. The summed E-state index contributed by atoms with van der Waals surface area (Å²) in [4.78, 5) is 12.8. The van der Waals surface area contributed by atoms with Gasteiger partial charge in [0.2, 0.25) is 0 Å². The molecular weight excluding hydrogens is 472 g/mol. The van der Waals surface area contributed by atoms with E-state index in [4.69, 9.17) is 0 Å². The van der Waals surface area contributed by atoms with Gasteiger partial charge in [0.15, 0.2) is 0 Å². The number of hydrogen-bond donors (Lipinski definition) is 3. The molecule has 0 aromatic heterocycles. The summed E-state index contributed by atoms with van der Waals surface area (Å²) in [5, 5.41) is 31.8. The van der Waals surface area contributed by atoms with Gasteiger partial charge in [-0.2, -0.15) is 0 Å². The topological polar surface area (TPSA) is 77.8 Å². The molecule has 4 rings (SSSR count). The third kappa shape index (κ3) is 5.69. The zero-order valence-corrected chi connectivity index (χ0v) is 24.3. The molecule has 212 valence electrons. The first-order chi connectivity index (χ1) is 18.0. The van der Waals surface area contributed by atoms with Crippen LogP contribution in [-0.4, -0.2) is 39.4 Å². The third-order valence-electron chi connectivity index (χ3n) is 11.0. The van der Waals surface area contributed by atoms with Crippen LogP contribution in [0.25, 0.3) is 0 Å². The van der Waals surface area contributed by atoms with Crippen LogP contribution in [0.2, 0.25) is 0 Å². The third-order valence-corrected chi connectivity index (χ3v) is 11.0. The van der Waals surface area contributed by atoms with Crippen molar-refractivity contribution in [1.82, 2.24) is 0 Å². The maximum absolute atomic E-state index is 12.8. The Bertz CT molecular complexity index is 969. The summed E-state index contributed by atoms with van der Waals surface area (Å²) >= 11 is 0. The van der Waals surface area contributed by atoms with Gasteiger partial charge < -0.3 is 15.3 Å². The van der Waals surface area contributed by atoms with E-state index in [1.807, 2.05) is 13.0 Å². The Morgan fingerprint density at radius 3 is 2.55 bits per heavy atom. The van der Waals surface area contributed by atoms with Crippen molar-refractivity contribution in [3.8, 4) is 0 Å². The summed E-state index contributed by atoms with van der Waals surface area (Å²) in [5.41, 5.74) is 2.93. The quantitative estimate of drug-likeness (QED) is 0.216. The van der Waals surface area contributed by atoms with Gasteiger partial charge in [0, 0.05) is 12.3 Å². The monoisotopic (exact) mass is 524 g/mol. The molecule has 0 aromatic carbocycles. The second-order valence-corrected chi connectivity index (χ2v) is 13.4. The molecule has 0 spiro atoms. The second-order valence-electron chi connectivity index (χ2n) is 13.4. The molecule has 0 heterocycles. The summed E-state index contributed by atoms with van der Waals surface area (Å²) in [5.74, 6) is 1.53. The highest BCUT2D eigenvalue weighted by atomic mass is 16.3. The smallest absolute Gasteiger partial charge is 0.141 e. The molecule has 4 fully saturated rings. The van der Waals surface area contributed by atoms with E-state index in [1.165, 1.54) is 31.3 Å². The number of aliphatic hydroxyl groups excluding tert-OH is 3. The zero-order valence-electron chi connectivity index (χ0n) is 24.3. The first kappa shape index (κ1) is 29.5. The average Bonchev–Trinajstić information content (AvgIpc) is 3.63. The van der Waals surface area contributed by atoms with Gasteiger partial charge in [0.1, 0.15) is 5.78 Å². The number of ketones is 1. The Balaban J connectivity index is 1.42. The predicted molar refractivity (Wildman–Crippen MR) is 154 cm³/mol. The van der Waals surface area contributed by atoms with Crippen molar-refractivity contribution < 1.29 is 20.1 Å². The molecule has 8 atom stereocenters. The van der Waals surface area contributed by atoms with Gasteiger partial charge in [0.25, 0.3) is 0 Å². The number of rotatable bonds is 10. The maximum Gasteiger partial charge on any atom is 0.141 e. The van der Waals surface area contributed by atoms with E-state index in [9.17, 15) is 20.1 Å². The molecule has 4 aliphatic carbocycles. The highest BCUT2D eigenvalue weighted by molar-refractivity contribution is 5.88. The second kappa shape index (κ2) is 11.9. The molecular formula is C34H52O4.